The molecule has 0 spiro atoms. The summed E-state index contributed by atoms with van der Waals surface area (Å²) >= 11 is 0. The number of esters is 2. The summed E-state index contributed by atoms with van der Waals surface area (Å²) in [6.07, 6.45) is 0. The van der Waals surface area contributed by atoms with Crippen LogP contribution in [0.25, 0.3) is 0 Å². The minimum Gasteiger partial charge on any atom is -0.465 e. The molecular formula is C15H21NO4. The molecule has 5 nitrogen and oxygen atoms in total. The third-order valence-corrected chi connectivity index (χ3v) is 2.75. The van der Waals surface area contributed by atoms with Crippen LogP contribution in [0.5, 0.6) is 0 Å². The van der Waals surface area contributed by atoms with E-state index in [4.69, 9.17) is 9.47 Å². The molecule has 0 atom stereocenters. The van der Waals surface area contributed by atoms with E-state index in [1.165, 1.54) is 0 Å². The number of rotatable bonds is 7. The highest BCUT2D eigenvalue weighted by molar-refractivity contribution is 5.90. The van der Waals surface area contributed by atoms with Gasteiger partial charge in [0.05, 0.1) is 18.8 Å². The van der Waals surface area contributed by atoms with E-state index in [0.717, 1.165) is 5.69 Å². The topological polar surface area (TPSA) is 55.8 Å². The minimum absolute atomic E-state index is 0.198. The predicted molar refractivity (Wildman–Crippen MR) is 76.9 cm³/mol. The third kappa shape index (κ3) is 4.57. The van der Waals surface area contributed by atoms with Gasteiger partial charge in [-0.05, 0) is 45.0 Å². The van der Waals surface area contributed by atoms with Gasteiger partial charge in [-0.2, -0.15) is 0 Å². The number of likely N-dealkylation sites (N-methyl/N-ethyl adjacent to an activating group) is 1. The van der Waals surface area contributed by atoms with Crippen LogP contribution in [0.3, 0.4) is 0 Å². The Morgan fingerprint density at radius 2 is 1.60 bits per heavy atom. The Hall–Kier alpha value is -2.04. The Balaban J connectivity index is 2.74. The van der Waals surface area contributed by atoms with Gasteiger partial charge in [-0.3, -0.25) is 4.79 Å². The maximum absolute atomic E-state index is 11.5. The number of nitrogens with zero attached hydrogens (tertiary/aromatic N) is 1. The van der Waals surface area contributed by atoms with Crippen molar-refractivity contribution < 1.29 is 19.1 Å². The molecule has 0 saturated heterocycles. The lowest BCUT2D eigenvalue weighted by atomic mass is 10.2. The first-order valence-corrected chi connectivity index (χ1v) is 6.80. The van der Waals surface area contributed by atoms with Crippen LogP contribution in [0.15, 0.2) is 24.3 Å². The summed E-state index contributed by atoms with van der Waals surface area (Å²) in [6.45, 7) is 7.11. The summed E-state index contributed by atoms with van der Waals surface area (Å²) in [6, 6.07) is 6.99. The van der Waals surface area contributed by atoms with Gasteiger partial charge in [0.15, 0.2) is 0 Å². The van der Waals surface area contributed by atoms with Gasteiger partial charge in [-0.25, -0.2) is 4.79 Å². The van der Waals surface area contributed by atoms with Crippen LogP contribution >= 0.6 is 0 Å². The number of hydrogen-bond donors (Lipinski definition) is 0. The Morgan fingerprint density at radius 3 is 2.10 bits per heavy atom. The standard InChI is InChI=1S/C15H21NO4/c1-4-16(11-14(17)19-5-2)13-9-7-12(8-10-13)15(18)20-6-3/h7-10H,4-6,11H2,1-3H3. The van der Waals surface area contributed by atoms with Crippen LogP contribution in [0, 0.1) is 0 Å². The Labute approximate surface area is 119 Å². The van der Waals surface area contributed by atoms with Crippen molar-refractivity contribution in [2.75, 3.05) is 31.2 Å². The molecule has 0 radical (unpaired) electrons. The van der Waals surface area contributed by atoms with Gasteiger partial charge in [-0.15, -0.1) is 0 Å². The molecule has 1 aromatic carbocycles. The van der Waals surface area contributed by atoms with Gasteiger partial charge < -0.3 is 14.4 Å². The highest BCUT2D eigenvalue weighted by Gasteiger charge is 2.12. The summed E-state index contributed by atoms with van der Waals surface area (Å²) in [5.41, 5.74) is 1.37. The Morgan fingerprint density at radius 1 is 1.00 bits per heavy atom. The Kier molecular flexibility index (Phi) is 6.56. The van der Waals surface area contributed by atoms with Gasteiger partial charge in [-0.1, -0.05) is 0 Å². The van der Waals surface area contributed by atoms with Crippen LogP contribution in [0.4, 0.5) is 5.69 Å². The first-order chi connectivity index (χ1) is 9.62. The van der Waals surface area contributed by atoms with E-state index in [0.29, 0.717) is 25.3 Å². The minimum atomic E-state index is -0.340. The second-order valence-corrected chi connectivity index (χ2v) is 4.09. The monoisotopic (exact) mass is 279 g/mol. The second-order valence-electron chi connectivity index (χ2n) is 4.09. The van der Waals surface area contributed by atoms with Gasteiger partial charge in [0, 0.05) is 12.2 Å². The van der Waals surface area contributed by atoms with E-state index < -0.39 is 0 Å². The van der Waals surface area contributed by atoms with E-state index in [2.05, 4.69) is 0 Å². The smallest absolute Gasteiger partial charge is 0.338 e. The zero-order valence-electron chi connectivity index (χ0n) is 12.2. The predicted octanol–water partition coefficient (Wildman–Crippen LogP) is 2.25. The number of carbonyl (C=O) groups excluding carboxylic acids is 2. The molecule has 0 aliphatic carbocycles. The molecule has 0 aliphatic rings. The number of carbonyl (C=O) groups is 2. The van der Waals surface area contributed by atoms with E-state index in [9.17, 15) is 9.59 Å². The van der Waals surface area contributed by atoms with Crippen LogP contribution in [0.2, 0.25) is 0 Å². The lowest BCUT2D eigenvalue weighted by Gasteiger charge is -2.22. The fraction of sp³-hybridized carbons (Fsp3) is 0.467. The molecule has 0 bridgehead atoms. The molecule has 0 unspecified atom stereocenters. The van der Waals surface area contributed by atoms with E-state index in [-0.39, 0.29) is 18.5 Å². The van der Waals surface area contributed by atoms with E-state index >= 15 is 0 Å². The SMILES string of the molecule is CCOC(=O)CN(CC)c1ccc(C(=O)OCC)cc1. The molecule has 20 heavy (non-hydrogen) atoms. The molecule has 0 aromatic heterocycles. The van der Waals surface area contributed by atoms with Crippen molar-refractivity contribution in [1.82, 2.24) is 0 Å². The van der Waals surface area contributed by atoms with E-state index in [1.807, 2.05) is 11.8 Å². The summed E-state index contributed by atoms with van der Waals surface area (Å²) < 4.78 is 9.86. The van der Waals surface area contributed by atoms with E-state index in [1.54, 1.807) is 38.1 Å². The van der Waals surface area contributed by atoms with Crippen LogP contribution < -0.4 is 4.90 Å². The number of benzene rings is 1. The van der Waals surface area contributed by atoms with Gasteiger partial charge >= 0.3 is 11.9 Å². The average molecular weight is 279 g/mol. The number of anilines is 1. The molecule has 0 fully saturated rings. The first kappa shape index (κ1) is 16.0. The fourth-order valence-electron chi connectivity index (χ4n) is 1.77. The van der Waals surface area contributed by atoms with Gasteiger partial charge in [0.2, 0.25) is 0 Å². The van der Waals surface area contributed by atoms with Crippen molar-refractivity contribution >= 4 is 17.6 Å². The van der Waals surface area contributed by atoms with Crippen molar-refractivity contribution in [2.45, 2.75) is 20.8 Å². The second kappa shape index (κ2) is 8.19. The molecular weight excluding hydrogens is 258 g/mol. The van der Waals surface area contributed by atoms with Crippen molar-refractivity contribution in [2.24, 2.45) is 0 Å². The van der Waals surface area contributed by atoms with Crippen LogP contribution in [0.1, 0.15) is 31.1 Å². The number of hydrogen-bond acceptors (Lipinski definition) is 5. The van der Waals surface area contributed by atoms with Gasteiger partial charge in [0.1, 0.15) is 6.54 Å². The van der Waals surface area contributed by atoms with Crippen molar-refractivity contribution in [3.8, 4) is 0 Å². The summed E-state index contributed by atoms with van der Waals surface area (Å²) in [5.74, 6) is -0.601. The lowest BCUT2D eigenvalue weighted by Crippen LogP contribution is -2.30. The van der Waals surface area contributed by atoms with Crippen molar-refractivity contribution in [3.63, 3.8) is 0 Å². The normalized spacial score (nSPS) is 9.95. The molecule has 0 amide bonds. The first-order valence-electron chi connectivity index (χ1n) is 6.80. The molecule has 0 aliphatic heterocycles. The lowest BCUT2D eigenvalue weighted by molar-refractivity contribution is -0.141. The van der Waals surface area contributed by atoms with Crippen molar-refractivity contribution in [3.05, 3.63) is 29.8 Å². The molecule has 0 saturated carbocycles. The van der Waals surface area contributed by atoms with Gasteiger partial charge in [0.25, 0.3) is 0 Å². The maximum Gasteiger partial charge on any atom is 0.338 e. The quantitative estimate of drug-likeness (QED) is 0.717. The highest BCUT2D eigenvalue weighted by atomic mass is 16.5. The zero-order chi connectivity index (χ0) is 15.0. The molecule has 110 valence electrons. The summed E-state index contributed by atoms with van der Waals surface area (Å²) in [5, 5.41) is 0. The van der Waals surface area contributed by atoms with Crippen LogP contribution in [-0.4, -0.2) is 38.2 Å². The largest absolute Gasteiger partial charge is 0.465 e. The third-order valence-electron chi connectivity index (χ3n) is 2.75. The highest BCUT2D eigenvalue weighted by Crippen LogP contribution is 2.15. The number of ether oxygens (including phenoxy) is 2. The summed E-state index contributed by atoms with van der Waals surface area (Å²) in [4.78, 5) is 24.9. The summed E-state index contributed by atoms with van der Waals surface area (Å²) in [7, 11) is 0. The molecule has 0 N–H and O–H groups in total. The molecule has 5 heteroatoms. The fourth-order valence-corrected chi connectivity index (χ4v) is 1.77. The Bertz CT molecular complexity index is 442. The van der Waals surface area contributed by atoms with Crippen LogP contribution in [-0.2, 0) is 14.3 Å². The average Bonchev–Trinajstić information content (AvgIpc) is 2.45. The molecule has 1 rings (SSSR count). The molecule has 1 aromatic rings. The van der Waals surface area contributed by atoms with Crippen molar-refractivity contribution in [1.29, 1.82) is 0 Å². The molecule has 0 heterocycles. The maximum atomic E-state index is 11.5. The zero-order valence-corrected chi connectivity index (χ0v) is 12.2.